The van der Waals surface area contributed by atoms with Crippen LogP contribution in [-0.2, 0) is 0 Å². The second-order valence-corrected chi connectivity index (χ2v) is 5.08. The largest absolute Gasteiger partial charge is 0.497 e. The smallest absolute Gasteiger partial charge is 0.119 e. The minimum Gasteiger partial charge on any atom is -0.497 e. The zero-order valence-corrected chi connectivity index (χ0v) is 12.4. The van der Waals surface area contributed by atoms with Gasteiger partial charge in [0.15, 0.2) is 0 Å². The lowest BCUT2D eigenvalue weighted by Crippen LogP contribution is -2.12. The van der Waals surface area contributed by atoms with E-state index in [9.17, 15) is 5.11 Å². The predicted molar refractivity (Wildman–Crippen MR) is 82.9 cm³/mol. The minimum atomic E-state index is -0.683. The Labute approximate surface area is 128 Å². The van der Waals surface area contributed by atoms with E-state index >= 15 is 0 Å². The van der Waals surface area contributed by atoms with Gasteiger partial charge >= 0.3 is 0 Å². The number of hydrogen-bond donors (Lipinski definition) is 2. The van der Waals surface area contributed by atoms with Crippen LogP contribution in [0.4, 0.5) is 5.69 Å². The van der Waals surface area contributed by atoms with Crippen LogP contribution < -0.4 is 10.1 Å². The normalized spacial score (nSPS) is 12.0. The molecule has 0 heterocycles. The molecular formula is C15H15Cl2NO2. The lowest BCUT2D eigenvalue weighted by molar-refractivity contribution is 0.191. The first-order valence-electron chi connectivity index (χ1n) is 6.11. The first-order chi connectivity index (χ1) is 9.61. The van der Waals surface area contributed by atoms with Gasteiger partial charge in [-0.25, -0.2) is 0 Å². The van der Waals surface area contributed by atoms with Gasteiger partial charge in [-0.05, 0) is 29.8 Å². The van der Waals surface area contributed by atoms with E-state index in [1.807, 2.05) is 18.2 Å². The van der Waals surface area contributed by atoms with Gasteiger partial charge in [-0.15, -0.1) is 0 Å². The molecule has 0 bridgehead atoms. The Morgan fingerprint density at radius 2 is 1.80 bits per heavy atom. The number of nitrogens with one attached hydrogen (secondary N) is 1. The molecule has 0 aliphatic heterocycles. The van der Waals surface area contributed by atoms with Crippen LogP contribution in [0.2, 0.25) is 10.0 Å². The van der Waals surface area contributed by atoms with E-state index in [2.05, 4.69) is 5.32 Å². The van der Waals surface area contributed by atoms with E-state index in [-0.39, 0.29) is 0 Å². The number of ether oxygens (including phenoxy) is 1. The van der Waals surface area contributed by atoms with Gasteiger partial charge in [0.1, 0.15) is 5.75 Å². The van der Waals surface area contributed by atoms with E-state index in [0.29, 0.717) is 28.0 Å². The van der Waals surface area contributed by atoms with E-state index in [0.717, 1.165) is 5.56 Å². The van der Waals surface area contributed by atoms with Crippen LogP contribution in [0.5, 0.6) is 5.75 Å². The number of rotatable bonds is 5. The third-order valence-electron chi connectivity index (χ3n) is 2.91. The Hall–Kier alpha value is -1.42. The number of halogens is 2. The van der Waals surface area contributed by atoms with Crippen LogP contribution in [-0.4, -0.2) is 18.8 Å². The third kappa shape index (κ3) is 3.57. The molecule has 0 fully saturated rings. The first kappa shape index (κ1) is 15.0. The van der Waals surface area contributed by atoms with Crippen molar-refractivity contribution in [3.63, 3.8) is 0 Å². The Balaban J connectivity index is 2.06. The zero-order valence-electron chi connectivity index (χ0n) is 10.9. The molecule has 2 aromatic carbocycles. The van der Waals surface area contributed by atoms with Crippen molar-refractivity contribution >= 4 is 28.9 Å². The van der Waals surface area contributed by atoms with Gasteiger partial charge in [0.05, 0.1) is 28.9 Å². The number of anilines is 1. The van der Waals surface area contributed by atoms with Gasteiger partial charge in [0.25, 0.3) is 0 Å². The van der Waals surface area contributed by atoms with Gasteiger partial charge in [0, 0.05) is 6.54 Å². The summed E-state index contributed by atoms with van der Waals surface area (Å²) in [7, 11) is 1.59. The predicted octanol–water partition coefficient (Wildman–Crippen LogP) is 4.15. The van der Waals surface area contributed by atoms with Crippen molar-refractivity contribution in [3.05, 3.63) is 58.1 Å². The average Bonchev–Trinajstić information content (AvgIpc) is 2.46. The highest BCUT2D eigenvalue weighted by Crippen LogP contribution is 2.30. The first-order valence-corrected chi connectivity index (χ1v) is 6.87. The summed E-state index contributed by atoms with van der Waals surface area (Å²) in [5, 5.41) is 14.3. The Morgan fingerprint density at radius 1 is 1.15 bits per heavy atom. The topological polar surface area (TPSA) is 41.5 Å². The van der Waals surface area contributed by atoms with Gasteiger partial charge in [-0.1, -0.05) is 41.4 Å². The molecule has 0 aliphatic carbocycles. The molecule has 0 radical (unpaired) electrons. The Kier molecular flexibility index (Phi) is 5.12. The van der Waals surface area contributed by atoms with Crippen molar-refractivity contribution in [1.29, 1.82) is 0 Å². The summed E-state index contributed by atoms with van der Waals surface area (Å²) < 4.78 is 5.13. The number of benzene rings is 2. The summed E-state index contributed by atoms with van der Waals surface area (Å²) in [6.45, 7) is 0.302. The van der Waals surface area contributed by atoms with Crippen LogP contribution in [0.1, 0.15) is 11.7 Å². The molecule has 2 aromatic rings. The molecule has 2 N–H and O–H groups in total. The standard InChI is InChI=1S/C15H15Cl2NO2/c1-20-11-5-2-4-10(8-11)14(19)9-18-15-12(16)6-3-7-13(15)17/h2-8,14,18-19H,9H2,1H3. The van der Waals surface area contributed by atoms with Crippen LogP contribution >= 0.6 is 23.2 Å². The van der Waals surface area contributed by atoms with Gasteiger partial charge in [-0.3, -0.25) is 0 Å². The monoisotopic (exact) mass is 311 g/mol. The quantitative estimate of drug-likeness (QED) is 0.871. The fourth-order valence-corrected chi connectivity index (χ4v) is 2.36. The fraction of sp³-hybridized carbons (Fsp3) is 0.200. The maximum Gasteiger partial charge on any atom is 0.119 e. The summed E-state index contributed by atoms with van der Waals surface area (Å²) in [4.78, 5) is 0. The molecule has 2 rings (SSSR count). The molecular weight excluding hydrogens is 297 g/mol. The number of para-hydroxylation sites is 1. The molecule has 5 heteroatoms. The number of hydrogen-bond acceptors (Lipinski definition) is 3. The summed E-state index contributed by atoms with van der Waals surface area (Å²) in [5.74, 6) is 0.706. The molecule has 0 saturated carbocycles. The molecule has 0 aliphatic rings. The maximum atomic E-state index is 10.2. The van der Waals surface area contributed by atoms with Crippen LogP contribution in [0.3, 0.4) is 0 Å². The van der Waals surface area contributed by atoms with Crippen molar-refractivity contribution in [3.8, 4) is 5.75 Å². The summed E-state index contributed by atoms with van der Waals surface area (Å²) in [5.41, 5.74) is 1.39. The lowest BCUT2D eigenvalue weighted by Gasteiger charge is -2.15. The molecule has 0 spiro atoms. The maximum absolute atomic E-state index is 10.2. The van der Waals surface area contributed by atoms with Crippen molar-refractivity contribution in [2.75, 3.05) is 19.0 Å². The number of aliphatic hydroxyl groups is 1. The number of aliphatic hydroxyl groups excluding tert-OH is 1. The van der Waals surface area contributed by atoms with Crippen molar-refractivity contribution in [2.45, 2.75) is 6.10 Å². The molecule has 0 amide bonds. The summed E-state index contributed by atoms with van der Waals surface area (Å²) in [6, 6.07) is 12.5. The molecule has 3 nitrogen and oxygen atoms in total. The Morgan fingerprint density at radius 3 is 2.45 bits per heavy atom. The summed E-state index contributed by atoms with van der Waals surface area (Å²) >= 11 is 12.1. The molecule has 20 heavy (non-hydrogen) atoms. The second-order valence-electron chi connectivity index (χ2n) is 4.27. The fourth-order valence-electron chi connectivity index (χ4n) is 1.83. The van der Waals surface area contributed by atoms with Crippen LogP contribution in [0, 0.1) is 0 Å². The summed E-state index contributed by atoms with van der Waals surface area (Å²) in [6.07, 6.45) is -0.683. The van der Waals surface area contributed by atoms with Crippen molar-refractivity contribution in [1.82, 2.24) is 0 Å². The van der Waals surface area contributed by atoms with Crippen molar-refractivity contribution in [2.24, 2.45) is 0 Å². The highest BCUT2D eigenvalue weighted by Gasteiger charge is 2.11. The van der Waals surface area contributed by atoms with Crippen LogP contribution in [0.15, 0.2) is 42.5 Å². The average molecular weight is 312 g/mol. The molecule has 1 unspecified atom stereocenters. The number of methoxy groups -OCH3 is 1. The second kappa shape index (κ2) is 6.84. The highest BCUT2D eigenvalue weighted by molar-refractivity contribution is 6.39. The highest BCUT2D eigenvalue weighted by atomic mass is 35.5. The van der Waals surface area contributed by atoms with E-state index in [4.69, 9.17) is 27.9 Å². The van der Waals surface area contributed by atoms with E-state index < -0.39 is 6.10 Å². The van der Waals surface area contributed by atoms with E-state index in [1.165, 1.54) is 0 Å². The molecule has 1 atom stereocenters. The third-order valence-corrected chi connectivity index (χ3v) is 3.54. The molecule has 106 valence electrons. The van der Waals surface area contributed by atoms with Gasteiger partial charge < -0.3 is 15.2 Å². The molecule has 0 saturated heterocycles. The molecule has 0 aromatic heterocycles. The lowest BCUT2D eigenvalue weighted by atomic mass is 10.1. The van der Waals surface area contributed by atoms with E-state index in [1.54, 1.807) is 31.4 Å². The van der Waals surface area contributed by atoms with Gasteiger partial charge in [0.2, 0.25) is 0 Å². The van der Waals surface area contributed by atoms with Crippen molar-refractivity contribution < 1.29 is 9.84 Å². The zero-order chi connectivity index (χ0) is 14.5. The minimum absolute atomic E-state index is 0.302. The van der Waals surface area contributed by atoms with Gasteiger partial charge in [-0.2, -0.15) is 0 Å². The SMILES string of the molecule is COc1cccc(C(O)CNc2c(Cl)cccc2Cl)c1. The van der Waals surface area contributed by atoms with Crippen LogP contribution in [0.25, 0.3) is 0 Å². The Bertz CT molecular complexity index is 570.